The van der Waals surface area contributed by atoms with E-state index in [0.717, 1.165) is 0 Å². The zero-order chi connectivity index (χ0) is 7.40. The van der Waals surface area contributed by atoms with Gasteiger partial charge in [0.25, 0.3) is 0 Å². The fraction of sp³-hybridized carbons (Fsp3) is 0. The van der Waals surface area contributed by atoms with Gasteiger partial charge in [0.15, 0.2) is 0 Å². The molecule has 0 saturated carbocycles. The Hall–Kier alpha value is -0.0938. The number of aromatic nitrogens is 1. The van der Waals surface area contributed by atoms with Gasteiger partial charge in [0, 0.05) is 16.9 Å². The van der Waals surface area contributed by atoms with Crippen molar-refractivity contribution in [2.75, 3.05) is 0 Å². The van der Waals surface area contributed by atoms with Crippen LogP contribution in [-0.4, -0.2) is 27.9 Å². The Labute approximate surface area is 80.9 Å². The van der Waals surface area contributed by atoms with E-state index in [0.29, 0.717) is 0 Å². The van der Waals surface area contributed by atoms with E-state index in [1.54, 1.807) is 30.6 Å². The molecule has 58 valence electrons. The summed E-state index contributed by atoms with van der Waals surface area (Å²) in [5, 5.41) is 0. The van der Waals surface area contributed by atoms with Crippen molar-refractivity contribution in [3.05, 3.63) is 30.6 Å². The average Bonchev–Trinajstić information content (AvgIpc) is 1.88. The third-order valence-corrected chi connectivity index (χ3v) is 1.24. The van der Waals surface area contributed by atoms with Crippen molar-refractivity contribution in [1.82, 2.24) is 0 Å². The second-order valence-corrected chi connectivity index (χ2v) is 2.31. The quantitative estimate of drug-likeness (QED) is 0.361. The molecule has 0 bridgehead atoms. The molecule has 0 saturated heterocycles. The summed E-state index contributed by atoms with van der Waals surface area (Å²) in [6.45, 7) is 0. The lowest BCUT2D eigenvalue weighted by Gasteiger charge is -1.89. The summed E-state index contributed by atoms with van der Waals surface area (Å²) in [5.74, 6) is 0. The van der Waals surface area contributed by atoms with Crippen LogP contribution in [-0.2, 0) is 4.57 Å². The minimum atomic E-state index is -2.87. The van der Waals surface area contributed by atoms with Crippen LogP contribution in [0, 0.1) is 0 Å². The second-order valence-electron chi connectivity index (χ2n) is 1.59. The minimum absolute atomic E-state index is 0. The van der Waals surface area contributed by atoms with Crippen molar-refractivity contribution in [1.29, 1.82) is 0 Å². The largest absolute Gasteiger partial charge is 0.431 e. The van der Waals surface area contributed by atoms with Crippen molar-refractivity contribution >= 4 is 31.3 Å². The Balaban J connectivity index is 0.000001000. The van der Waals surface area contributed by atoms with E-state index in [-0.39, 0.29) is 23.1 Å². The normalized spacial score (nSPS) is 11.4. The van der Waals surface area contributed by atoms with Gasteiger partial charge in [-0.05, 0) is 0 Å². The molecule has 11 heavy (non-hydrogen) atoms. The molecule has 1 rings (SSSR count). The van der Waals surface area contributed by atoms with E-state index >= 15 is 0 Å². The van der Waals surface area contributed by atoms with E-state index in [1.165, 1.54) is 4.73 Å². The van der Waals surface area contributed by atoms with Crippen LogP contribution in [0.25, 0.3) is 0 Å². The van der Waals surface area contributed by atoms with Crippen LogP contribution in [0.1, 0.15) is 0 Å². The van der Waals surface area contributed by atoms with Crippen molar-refractivity contribution in [2.45, 2.75) is 0 Å². The number of hydrogen-bond acceptors (Lipinski definition) is 2. The Morgan fingerprint density at radius 1 is 1.27 bits per heavy atom. The number of rotatable bonds is 2. The Morgan fingerprint density at radius 3 is 2.27 bits per heavy atom. The van der Waals surface area contributed by atoms with Gasteiger partial charge >= 0.3 is 31.3 Å². The molecule has 1 atom stereocenters. The molecule has 1 N–H and O–H groups in total. The third kappa shape index (κ3) is 4.37. The first-order valence-electron chi connectivity index (χ1n) is 2.66. The van der Waals surface area contributed by atoms with E-state index in [2.05, 4.69) is 4.62 Å². The monoisotopic (exact) mass is 186 g/mol. The first-order valence-corrected chi connectivity index (χ1v) is 3.93. The zero-order valence-electron chi connectivity index (χ0n) is 5.10. The van der Waals surface area contributed by atoms with Crippen LogP contribution in [0.15, 0.2) is 30.6 Å². The SMILES string of the molecule is O=[PH](O)O[n+]1ccccc1.[MgH2]. The van der Waals surface area contributed by atoms with Crippen LogP contribution in [0.3, 0.4) is 0 Å². The second kappa shape index (κ2) is 5.54. The zero-order valence-corrected chi connectivity index (χ0v) is 6.10. The molecule has 0 aliphatic carbocycles. The molecule has 1 aromatic rings. The Kier molecular flexibility index (Phi) is 5.50. The summed E-state index contributed by atoms with van der Waals surface area (Å²) in [6.07, 6.45) is 3.08. The maximum atomic E-state index is 10.1. The summed E-state index contributed by atoms with van der Waals surface area (Å²) in [7, 11) is -2.87. The summed E-state index contributed by atoms with van der Waals surface area (Å²) in [6, 6.07) is 5.18. The first kappa shape index (κ1) is 10.9. The number of hydrogen-bond donors (Lipinski definition) is 1. The molecule has 0 aliphatic heterocycles. The highest BCUT2D eigenvalue weighted by Crippen LogP contribution is 2.03. The summed E-state index contributed by atoms with van der Waals surface area (Å²) in [4.78, 5) is 8.31. The molecule has 1 aromatic heterocycles. The van der Waals surface area contributed by atoms with E-state index < -0.39 is 8.25 Å². The van der Waals surface area contributed by atoms with Gasteiger partial charge in [-0.3, -0.25) is 0 Å². The molecular weight excluding hydrogens is 177 g/mol. The maximum absolute atomic E-state index is 10.1. The molecule has 0 aliphatic rings. The highest BCUT2D eigenvalue weighted by molar-refractivity contribution is 7.32. The highest BCUT2D eigenvalue weighted by atomic mass is 31.1. The molecule has 0 radical (unpaired) electrons. The summed E-state index contributed by atoms with van der Waals surface area (Å²) in [5.41, 5.74) is 0. The molecule has 4 nitrogen and oxygen atoms in total. The van der Waals surface area contributed by atoms with Gasteiger partial charge in [0.2, 0.25) is 12.4 Å². The Bertz CT molecular complexity index is 230. The van der Waals surface area contributed by atoms with Crippen LogP contribution in [0.4, 0.5) is 0 Å². The van der Waals surface area contributed by atoms with Gasteiger partial charge in [-0.15, -0.1) is 0 Å². The highest BCUT2D eigenvalue weighted by Gasteiger charge is 2.00. The molecular formula is C5H9MgNO3P+. The molecule has 6 heteroatoms. The van der Waals surface area contributed by atoms with E-state index in [1.807, 2.05) is 0 Å². The summed E-state index contributed by atoms with van der Waals surface area (Å²) < 4.78 is 15.7. The Morgan fingerprint density at radius 2 is 1.82 bits per heavy atom. The lowest BCUT2D eigenvalue weighted by molar-refractivity contribution is -0.858. The molecule has 0 spiro atoms. The molecule has 1 heterocycles. The molecule has 0 aromatic carbocycles. The van der Waals surface area contributed by atoms with Crippen LogP contribution < -0.4 is 9.35 Å². The fourth-order valence-corrected chi connectivity index (χ4v) is 0.836. The predicted molar refractivity (Wildman–Crippen MR) is 43.0 cm³/mol. The minimum Gasteiger partial charge on any atom is -0.314 e. The molecule has 0 amide bonds. The van der Waals surface area contributed by atoms with E-state index in [9.17, 15) is 4.57 Å². The lowest BCUT2D eigenvalue weighted by Crippen LogP contribution is -2.37. The van der Waals surface area contributed by atoms with Crippen molar-refractivity contribution in [3.8, 4) is 0 Å². The first-order chi connectivity index (χ1) is 4.79. The van der Waals surface area contributed by atoms with Crippen molar-refractivity contribution in [3.63, 3.8) is 0 Å². The lowest BCUT2D eigenvalue weighted by atomic mass is 10.5. The third-order valence-electron chi connectivity index (χ3n) is 0.872. The smallest absolute Gasteiger partial charge is 0.314 e. The van der Waals surface area contributed by atoms with Crippen LogP contribution in [0.2, 0.25) is 0 Å². The van der Waals surface area contributed by atoms with Gasteiger partial charge < -0.3 is 4.89 Å². The average molecular weight is 186 g/mol. The van der Waals surface area contributed by atoms with Crippen LogP contribution in [0.5, 0.6) is 0 Å². The topological polar surface area (TPSA) is 50.4 Å². The van der Waals surface area contributed by atoms with Gasteiger partial charge in [-0.25, -0.2) is 4.57 Å². The standard InChI is InChI=1S/C5H6NO3P.Mg.2H/c7-10(8)9-6-4-2-1-3-5-6;;;/h1-5,10H;;;/p+1. The maximum Gasteiger partial charge on any atom is 0.431 e. The number of pyridine rings is 1. The predicted octanol–water partition coefficient (Wildman–Crippen LogP) is -1.13. The van der Waals surface area contributed by atoms with Crippen LogP contribution >= 0.6 is 8.25 Å². The van der Waals surface area contributed by atoms with Crippen molar-refractivity contribution < 1.29 is 18.8 Å². The fourth-order valence-electron chi connectivity index (χ4n) is 0.534. The van der Waals surface area contributed by atoms with Gasteiger partial charge in [-0.1, -0.05) is 6.07 Å². The van der Waals surface area contributed by atoms with Gasteiger partial charge in [0.1, 0.15) is 0 Å². The van der Waals surface area contributed by atoms with Crippen molar-refractivity contribution in [2.24, 2.45) is 0 Å². The van der Waals surface area contributed by atoms with Gasteiger partial charge in [-0.2, -0.15) is 4.62 Å². The number of nitrogens with zero attached hydrogens (tertiary/aromatic N) is 1. The molecule has 0 fully saturated rings. The summed E-state index contributed by atoms with van der Waals surface area (Å²) >= 11 is 0. The van der Waals surface area contributed by atoms with Gasteiger partial charge in [0.05, 0.1) is 0 Å². The molecule has 1 unspecified atom stereocenters. The van der Waals surface area contributed by atoms with E-state index in [4.69, 9.17) is 4.89 Å².